The standard InChI is InChI=1S/C27H25F2N3O/c28-21-8-4-10-23(16-21)30-25-18-26(33)32(24-11-5-9-22(29)17-24)27(25)12-14-31(15-13-27)19-20-6-2-1-3-7-20/h1-11,16-17H,12-15,18-19H2. The molecular formula is C27H25F2N3O. The van der Waals surface area contributed by atoms with E-state index < -0.39 is 5.54 Å². The van der Waals surface area contributed by atoms with E-state index in [1.165, 1.54) is 29.8 Å². The van der Waals surface area contributed by atoms with Crippen LogP contribution in [-0.2, 0) is 11.3 Å². The van der Waals surface area contributed by atoms with Crippen molar-refractivity contribution in [1.29, 1.82) is 0 Å². The number of amides is 1. The third-order valence-electron chi connectivity index (χ3n) is 6.60. The predicted octanol–water partition coefficient (Wildman–Crippen LogP) is 5.51. The molecule has 1 amide bonds. The molecule has 33 heavy (non-hydrogen) atoms. The fraction of sp³-hybridized carbons (Fsp3) is 0.259. The molecule has 0 radical (unpaired) electrons. The van der Waals surface area contributed by atoms with Gasteiger partial charge in [-0.15, -0.1) is 0 Å². The van der Waals surface area contributed by atoms with Crippen LogP contribution < -0.4 is 4.90 Å². The van der Waals surface area contributed by atoms with E-state index in [9.17, 15) is 13.6 Å². The van der Waals surface area contributed by atoms with E-state index in [0.29, 0.717) is 24.2 Å². The summed E-state index contributed by atoms with van der Waals surface area (Å²) in [6.07, 6.45) is 1.50. The first kappa shape index (κ1) is 21.5. The summed E-state index contributed by atoms with van der Waals surface area (Å²) in [5.74, 6) is -0.852. The molecule has 4 nitrogen and oxygen atoms in total. The van der Waals surface area contributed by atoms with Crippen LogP contribution in [0.15, 0.2) is 83.9 Å². The van der Waals surface area contributed by atoms with Gasteiger partial charge in [-0.3, -0.25) is 14.7 Å². The van der Waals surface area contributed by atoms with Gasteiger partial charge in [0, 0.05) is 25.3 Å². The van der Waals surface area contributed by atoms with E-state index in [-0.39, 0.29) is 24.0 Å². The molecule has 5 rings (SSSR count). The Labute approximate surface area is 192 Å². The minimum Gasteiger partial charge on any atom is -0.300 e. The van der Waals surface area contributed by atoms with Gasteiger partial charge in [0.25, 0.3) is 0 Å². The number of aliphatic imine (C=N–C) groups is 1. The molecule has 168 valence electrons. The number of nitrogens with zero attached hydrogens (tertiary/aromatic N) is 3. The molecule has 2 fully saturated rings. The zero-order chi connectivity index (χ0) is 22.8. The zero-order valence-electron chi connectivity index (χ0n) is 18.3. The van der Waals surface area contributed by atoms with Crippen molar-refractivity contribution in [3.05, 3.63) is 96.1 Å². The topological polar surface area (TPSA) is 35.9 Å². The summed E-state index contributed by atoms with van der Waals surface area (Å²) in [4.78, 5) is 22.1. The minimum absolute atomic E-state index is 0.104. The van der Waals surface area contributed by atoms with Crippen LogP contribution in [0, 0.1) is 11.6 Å². The average molecular weight is 446 g/mol. The second-order valence-corrected chi connectivity index (χ2v) is 8.72. The lowest BCUT2D eigenvalue weighted by molar-refractivity contribution is -0.117. The summed E-state index contributed by atoms with van der Waals surface area (Å²) in [6, 6.07) is 22.6. The first-order chi connectivity index (χ1) is 16.0. The van der Waals surface area contributed by atoms with Gasteiger partial charge in [0.05, 0.1) is 23.4 Å². The van der Waals surface area contributed by atoms with Crippen molar-refractivity contribution in [2.45, 2.75) is 31.3 Å². The van der Waals surface area contributed by atoms with Gasteiger partial charge in [0.1, 0.15) is 11.6 Å². The Morgan fingerprint density at radius 3 is 2.24 bits per heavy atom. The van der Waals surface area contributed by atoms with Crippen LogP contribution in [0.2, 0.25) is 0 Å². The number of benzene rings is 3. The number of piperidine rings is 1. The molecule has 0 aromatic heterocycles. The Morgan fingerprint density at radius 2 is 1.55 bits per heavy atom. The quantitative estimate of drug-likeness (QED) is 0.531. The molecule has 2 saturated heterocycles. The lowest BCUT2D eigenvalue weighted by atomic mass is 9.82. The van der Waals surface area contributed by atoms with E-state index in [4.69, 9.17) is 4.99 Å². The first-order valence-electron chi connectivity index (χ1n) is 11.2. The molecule has 0 atom stereocenters. The van der Waals surface area contributed by atoms with Crippen LogP contribution in [0.4, 0.5) is 20.2 Å². The number of rotatable bonds is 4. The van der Waals surface area contributed by atoms with Crippen molar-refractivity contribution >= 4 is 23.0 Å². The average Bonchev–Trinajstić information content (AvgIpc) is 3.06. The summed E-state index contributed by atoms with van der Waals surface area (Å²) < 4.78 is 27.9. The van der Waals surface area contributed by atoms with E-state index in [0.717, 1.165) is 25.3 Å². The lowest BCUT2D eigenvalue weighted by Gasteiger charge is -2.45. The van der Waals surface area contributed by atoms with E-state index in [2.05, 4.69) is 17.0 Å². The number of anilines is 1. The monoisotopic (exact) mass is 445 g/mol. The van der Waals surface area contributed by atoms with Gasteiger partial charge in [0.2, 0.25) is 5.91 Å². The maximum atomic E-state index is 14.1. The SMILES string of the molecule is O=C1CC(=Nc2cccc(F)c2)C2(CCN(Cc3ccccc3)CC2)N1c1cccc(F)c1. The molecule has 3 aromatic rings. The van der Waals surface area contributed by atoms with Crippen molar-refractivity contribution in [2.24, 2.45) is 4.99 Å². The van der Waals surface area contributed by atoms with Gasteiger partial charge in [-0.2, -0.15) is 0 Å². The molecule has 2 aliphatic rings. The Balaban J connectivity index is 1.49. The largest absolute Gasteiger partial charge is 0.300 e. The number of halogens is 2. The Bertz CT molecular complexity index is 1190. The van der Waals surface area contributed by atoms with Crippen molar-refractivity contribution < 1.29 is 13.6 Å². The van der Waals surface area contributed by atoms with Crippen LogP contribution in [0.25, 0.3) is 0 Å². The molecule has 0 unspecified atom stereocenters. The highest BCUT2D eigenvalue weighted by molar-refractivity contribution is 6.22. The molecular weight excluding hydrogens is 420 g/mol. The maximum absolute atomic E-state index is 14.1. The van der Waals surface area contributed by atoms with Gasteiger partial charge < -0.3 is 4.90 Å². The third-order valence-corrected chi connectivity index (χ3v) is 6.60. The fourth-order valence-electron chi connectivity index (χ4n) is 5.04. The molecule has 0 N–H and O–H groups in total. The number of carbonyl (C=O) groups is 1. The van der Waals surface area contributed by atoms with Crippen molar-refractivity contribution in [2.75, 3.05) is 18.0 Å². The smallest absolute Gasteiger partial charge is 0.233 e. The fourth-order valence-corrected chi connectivity index (χ4v) is 5.04. The summed E-state index contributed by atoms with van der Waals surface area (Å²) in [5, 5.41) is 0. The van der Waals surface area contributed by atoms with Gasteiger partial charge >= 0.3 is 0 Å². The molecule has 6 heteroatoms. The van der Waals surface area contributed by atoms with Crippen LogP contribution >= 0.6 is 0 Å². The highest BCUT2D eigenvalue weighted by atomic mass is 19.1. The van der Waals surface area contributed by atoms with Crippen molar-refractivity contribution in [1.82, 2.24) is 4.90 Å². The number of hydrogen-bond acceptors (Lipinski definition) is 3. The Hall–Kier alpha value is -3.38. The summed E-state index contributed by atoms with van der Waals surface area (Å²) >= 11 is 0. The highest BCUT2D eigenvalue weighted by Crippen LogP contribution is 2.42. The van der Waals surface area contributed by atoms with Gasteiger partial charge in [-0.25, -0.2) is 8.78 Å². The molecule has 1 spiro atoms. The zero-order valence-corrected chi connectivity index (χ0v) is 18.3. The Morgan fingerprint density at radius 1 is 0.848 bits per heavy atom. The third kappa shape index (κ3) is 4.31. The first-order valence-corrected chi connectivity index (χ1v) is 11.2. The molecule has 3 aromatic carbocycles. The van der Waals surface area contributed by atoms with Crippen molar-refractivity contribution in [3.63, 3.8) is 0 Å². The second kappa shape index (κ2) is 8.87. The Kier molecular flexibility index (Phi) is 5.77. The molecule has 0 aliphatic carbocycles. The summed E-state index contributed by atoms with van der Waals surface area (Å²) in [6.45, 7) is 2.38. The second-order valence-electron chi connectivity index (χ2n) is 8.72. The van der Waals surface area contributed by atoms with Crippen LogP contribution in [0.5, 0.6) is 0 Å². The molecule has 0 saturated carbocycles. The summed E-state index contributed by atoms with van der Waals surface area (Å²) in [7, 11) is 0. The van der Waals surface area contributed by atoms with Crippen LogP contribution in [0.3, 0.4) is 0 Å². The molecule has 2 heterocycles. The van der Waals surface area contributed by atoms with Crippen LogP contribution in [0.1, 0.15) is 24.8 Å². The predicted molar refractivity (Wildman–Crippen MR) is 126 cm³/mol. The van der Waals surface area contributed by atoms with Gasteiger partial charge in [0.15, 0.2) is 0 Å². The molecule has 0 bridgehead atoms. The van der Waals surface area contributed by atoms with E-state index in [1.807, 2.05) is 18.2 Å². The number of likely N-dealkylation sites (tertiary alicyclic amines) is 1. The number of carbonyl (C=O) groups excluding carboxylic acids is 1. The van der Waals surface area contributed by atoms with Gasteiger partial charge in [-0.05, 0) is 54.8 Å². The lowest BCUT2D eigenvalue weighted by Crippen LogP contribution is -2.56. The number of hydrogen-bond donors (Lipinski definition) is 0. The maximum Gasteiger partial charge on any atom is 0.233 e. The van der Waals surface area contributed by atoms with Crippen LogP contribution in [-0.4, -0.2) is 35.1 Å². The molecule has 2 aliphatic heterocycles. The minimum atomic E-state index is -0.648. The van der Waals surface area contributed by atoms with E-state index in [1.54, 1.807) is 29.2 Å². The highest BCUT2D eigenvalue weighted by Gasteiger charge is 2.52. The summed E-state index contributed by atoms with van der Waals surface area (Å²) in [5.41, 5.74) is 2.35. The van der Waals surface area contributed by atoms with Crippen molar-refractivity contribution in [3.8, 4) is 0 Å². The normalized spacial score (nSPS) is 19.5. The van der Waals surface area contributed by atoms with Gasteiger partial charge in [-0.1, -0.05) is 42.5 Å². The van der Waals surface area contributed by atoms with E-state index >= 15 is 0 Å².